The molecule has 0 aliphatic carbocycles. The maximum atomic E-state index is 13.2. The van der Waals surface area contributed by atoms with Gasteiger partial charge in [-0.25, -0.2) is 0 Å². The van der Waals surface area contributed by atoms with Crippen molar-refractivity contribution in [1.82, 2.24) is 0 Å². The molecule has 9 unspecified atom stereocenters. The van der Waals surface area contributed by atoms with Crippen molar-refractivity contribution in [3.63, 3.8) is 0 Å². The summed E-state index contributed by atoms with van der Waals surface area (Å²) in [5, 5.41) is 72.0. The van der Waals surface area contributed by atoms with Gasteiger partial charge in [0.1, 0.15) is 59.1 Å². The standard InChI is InChI=1S/C28H32O15/c1-37-12-5-3-11(4-6-12)15-7-13(30)19-16(40-15)8-17(38-2)25(22(19)34)42-28-26(23(35)21(33)18(9-29)41-28)43-27-24(36)20(32)14(31)10-39-27/h3-8,14,18,20-21,23-24,26-29,31-36H,9-10H2,1-2H3. The zero-order valence-corrected chi connectivity index (χ0v) is 23.0. The minimum Gasteiger partial charge on any atom is -0.504 e. The molecule has 15 nitrogen and oxygen atoms in total. The number of hydrogen-bond donors (Lipinski definition) is 7. The van der Waals surface area contributed by atoms with Crippen LogP contribution in [0.3, 0.4) is 0 Å². The number of hydrogen-bond acceptors (Lipinski definition) is 15. The fourth-order valence-electron chi connectivity index (χ4n) is 4.89. The van der Waals surface area contributed by atoms with Crippen LogP contribution in [0.15, 0.2) is 45.6 Å². The van der Waals surface area contributed by atoms with Crippen molar-refractivity contribution in [3.8, 4) is 34.3 Å². The molecule has 43 heavy (non-hydrogen) atoms. The minimum atomic E-state index is -1.80. The van der Waals surface area contributed by atoms with Crippen molar-refractivity contribution in [2.24, 2.45) is 0 Å². The third kappa shape index (κ3) is 5.86. The number of aliphatic hydroxyl groups excluding tert-OH is 6. The summed E-state index contributed by atoms with van der Waals surface area (Å²) in [5.74, 6) is -0.476. The third-order valence-corrected chi connectivity index (χ3v) is 7.31. The third-order valence-electron chi connectivity index (χ3n) is 7.31. The normalized spacial score (nSPS) is 31.1. The predicted molar refractivity (Wildman–Crippen MR) is 144 cm³/mol. The van der Waals surface area contributed by atoms with Crippen molar-refractivity contribution in [2.75, 3.05) is 27.4 Å². The van der Waals surface area contributed by atoms with Gasteiger partial charge in [-0.1, -0.05) is 0 Å². The average molecular weight is 609 g/mol. The van der Waals surface area contributed by atoms with Gasteiger partial charge in [-0.2, -0.15) is 0 Å². The van der Waals surface area contributed by atoms with Crippen LogP contribution in [0, 0.1) is 0 Å². The molecule has 15 heteroatoms. The summed E-state index contributed by atoms with van der Waals surface area (Å²) in [5.41, 5.74) is -0.127. The van der Waals surface area contributed by atoms with E-state index in [4.69, 9.17) is 32.8 Å². The summed E-state index contributed by atoms with van der Waals surface area (Å²) in [7, 11) is 2.77. The Morgan fingerprint density at radius 3 is 2.28 bits per heavy atom. The lowest BCUT2D eigenvalue weighted by atomic mass is 9.98. The van der Waals surface area contributed by atoms with Crippen LogP contribution < -0.4 is 19.6 Å². The van der Waals surface area contributed by atoms with Crippen LogP contribution in [-0.4, -0.2) is 118 Å². The van der Waals surface area contributed by atoms with Crippen LogP contribution in [-0.2, 0) is 14.2 Å². The van der Waals surface area contributed by atoms with E-state index in [9.17, 15) is 40.5 Å². The van der Waals surface area contributed by atoms with E-state index in [0.29, 0.717) is 11.3 Å². The first kappa shape index (κ1) is 30.9. The van der Waals surface area contributed by atoms with Crippen LogP contribution in [0.1, 0.15) is 0 Å². The van der Waals surface area contributed by atoms with Crippen LogP contribution >= 0.6 is 0 Å². The molecule has 9 atom stereocenters. The van der Waals surface area contributed by atoms with Gasteiger partial charge in [0.25, 0.3) is 0 Å². The average Bonchev–Trinajstić information content (AvgIpc) is 3.01. The number of rotatable bonds is 8. The maximum absolute atomic E-state index is 13.2. The monoisotopic (exact) mass is 608 g/mol. The second kappa shape index (κ2) is 12.6. The first-order valence-electron chi connectivity index (χ1n) is 13.2. The van der Waals surface area contributed by atoms with E-state index in [0.717, 1.165) is 0 Å². The molecule has 0 bridgehead atoms. The van der Waals surface area contributed by atoms with E-state index in [1.807, 2.05) is 0 Å². The lowest BCUT2D eigenvalue weighted by molar-refractivity contribution is -0.345. The Hall–Kier alpha value is -3.51. The Morgan fingerprint density at radius 2 is 1.63 bits per heavy atom. The van der Waals surface area contributed by atoms with Crippen molar-refractivity contribution >= 4 is 11.0 Å². The molecule has 0 amide bonds. The molecule has 234 valence electrons. The number of aliphatic hydroxyl groups is 6. The SMILES string of the molecule is COc1ccc(-c2cc(=O)c3c(O)c(OC4OC(CO)C(O)C(O)C4OC4OCC(O)C(O)C4O)c(OC)cc3o2)cc1. The number of fused-ring (bicyclic) bond motifs is 1. The highest BCUT2D eigenvalue weighted by Gasteiger charge is 2.50. The van der Waals surface area contributed by atoms with Crippen LogP contribution in [0.5, 0.6) is 23.0 Å². The summed E-state index contributed by atoms with van der Waals surface area (Å²) in [6.45, 7) is -1.18. The van der Waals surface area contributed by atoms with Gasteiger partial charge in [0.2, 0.25) is 12.0 Å². The topological polar surface area (TPSA) is 227 Å². The molecule has 2 aliphatic rings. The molecular weight excluding hydrogens is 576 g/mol. The number of methoxy groups -OCH3 is 2. The molecule has 2 saturated heterocycles. The fraction of sp³-hybridized carbons (Fsp3) is 0.464. The summed E-state index contributed by atoms with van der Waals surface area (Å²) in [6.07, 6.45) is -14.7. The van der Waals surface area contributed by atoms with Crippen LogP contribution in [0.25, 0.3) is 22.3 Å². The first-order chi connectivity index (χ1) is 20.6. The van der Waals surface area contributed by atoms with E-state index in [1.165, 1.54) is 26.4 Å². The predicted octanol–water partition coefficient (Wildman–Crippen LogP) is -1.18. The fourth-order valence-corrected chi connectivity index (χ4v) is 4.89. The van der Waals surface area contributed by atoms with Crippen molar-refractivity contribution < 1.29 is 68.6 Å². The van der Waals surface area contributed by atoms with Crippen LogP contribution in [0.2, 0.25) is 0 Å². The quantitative estimate of drug-likeness (QED) is 0.160. The highest BCUT2D eigenvalue weighted by atomic mass is 16.8. The Balaban J connectivity index is 1.51. The van der Waals surface area contributed by atoms with Gasteiger partial charge in [0, 0.05) is 17.7 Å². The Kier molecular flexibility index (Phi) is 9.07. The van der Waals surface area contributed by atoms with Gasteiger partial charge in [0.15, 0.2) is 29.3 Å². The molecule has 2 fully saturated rings. The van der Waals surface area contributed by atoms with Crippen molar-refractivity contribution in [2.45, 2.75) is 55.3 Å². The van der Waals surface area contributed by atoms with Crippen molar-refractivity contribution in [1.29, 1.82) is 0 Å². The van der Waals surface area contributed by atoms with E-state index in [1.54, 1.807) is 24.3 Å². The van der Waals surface area contributed by atoms with Crippen molar-refractivity contribution in [3.05, 3.63) is 46.6 Å². The maximum Gasteiger partial charge on any atom is 0.230 e. The van der Waals surface area contributed by atoms with E-state index >= 15 is 0 Å². The van der Waals surface area contributed by atoms with Gasteiger partial charge < -0.3 is 68.6 Å². The highest BCUT2D eigenvalue weighted by Crippen LogP contribution is 2.44. The van der Waals surface area contributed by atoms with E-state index in [-0.39, 0.29) is 22.5 Å². The summed E-state index contributed by atoms with van der Waals surface area (Å²) >= 11 is 0. The molecule has 5 rings (SSSR count). The number of ether oxygens (including phenoxy) is 6. The Morgan fingerprint density at radius 1 is 0.907 bits per heavy atom. The number of phenols is 1. The molecule has 0 spiro atoms. The Bertz CT molecular complexity index is 1470. The van der Waals surface area contributed by atoms with Gasteiger partial charge in [-0.3, -0.25) is 4.79 Å². The van der Waals surface area contributed by atoms with Gasteiger partial charge in [0.05, 0.1) is 27.4 Å². The number of benzene rings is 2. The molecule has 7 N–H and O–H groups in total. The zero-order valence-electron chi connectivity index (χ0n) is 23.0. The molecule has 0 radical (unpaired) electrons. The summed E-state index contributed by atoms with van der Waals surface area (Å²) in [6, 6.07) is 9.19. The second-order valence-electron chi connectivity index (χ2n) is 10.0. The van der Waals surface area contributed by atoms with E-state index < -0.39 is 85.4 Å². The molecule has 2 aromatic carbocycles. The van der Waals surface area contributed by atoms with Gasteiger partial charge >= 0.3 is 0 Å². The largest absolute Gasteiger partial charge is 0.504 e. The first-order valence-corrected chi connectivity index (χ1v) is 13.2. The number of phenolic OH excluding ortho intramolecular Hbond substituents is 1. The zero-order chi connectivity index (χ0) is 31.0. The molecule has 1 aromatic heterocycles. The highest BCUT2D eigenvalue weighted by molar-refractivity contribution is 5.89. The molecule has 3 heterocycles. The van der Waals surface area contributed by atoms with E-state index in [2.05, 4.69) is 0 Å². The number of aromatic hydroxyl groups is 1. The Labute approximate surface area is 243 Å². The lowest BCUT2D eigenvalue weighted by Crippen LogP contribution is -2.63. The minimum absolute atomic E-state index is 0.0488. The smallest absolute Gasteiger partial charge is 0.230 e. The molecule has 3 aromatic rings. The second-order valence-corrected chi connectivity index (χ2v) is 10.0. The lowest BCUT2D eigenvalue weighted by Gasteiger charge is -2.44. The summed E-state index contributed by atoms with van der Waals surface area (Å²) < 4.78 is 38.8. The molecular formula is C28H32O15. The van der Waals surface area contributed by atoms with Crippen LogP contribution in [0.4, 0.5) is 0 Å². The molecule has 0 saturated carbocycles. The summed E-state index contributed by atoms with van der Waals surface area (Å²) in [4.78, 5) is 13.2. The van der Waals surface area contributed by atoms with Gasteiger partial charge in [-0.15, -0.1) is 0 Å². The van der Waals surface area contributed by atoms with Gasteiger partial charge in [-0.05, 0) is 24.3 Å². The molecule has 2 aliphatic heterocycles.